The number of methoxy groups -OCH3 is 1. The Morgan fingerprint density at radius 1 is 1.19 bits per heavy atom. The summed E-state index contributed by atoms with van der Waals surface area (Å²) in [6, 6.07) is 17.3. The van der Waals surface area contributed by atoms with Crippen LogP contribution in [0.2, 0.25) is 0 Å². The molecule has 166 valence electrons. The number of nitrogens with zero attached hydrogens (tertiary/aromatic N) is 3. The molecular weight excluding hydrogens is 422 g/mol. The van der Waals surface area contributed by atoms with E-state index in [2.05, 4.69) is 44.1 Å². The van der Waals surface area contributed by atoms with E-state index in [0.29, 0.717) is 23.1 Å². The minimum absolute atomic E-state index is 0.0739. The molecular formula is C24H27N5O2S. The summed E-state index contributed by atoms with van der Waals surface area (Å²) in [5, 5.41) is 6.99. The number of ether oxygens (including phenoxy) is 1. The Balaban J connectivity index is 1.55. The Kier molecular flexibility index (Phi) is 6.41. The normalized spacial score (nSPS) is 17.8. The first-order valence-electron chi connectivity index (χ1n) is 10.5. The van der Waals surface area contributed by atoms with E-state index in [4.69, 9.17) is 17.0 Å². The van der Waals surface area contributed by atoms with Crippen LogP contribution in [0.4, 0.5) is 5.69 Å². The van der Waals surface area contributed by atoms with Gasteiger partial charge in [0.05, 0.1) is 30.6 Å². The smallest absolute Gasteiger partial charge is 0.226 e. The lowest BCUT2D eigenvalue weighted by Gasteiger charge is -2.28. The van der Waals surface area contributed by atoms with Crippen LogP contribution in [0.25, 0.3) is 0 Å². The summed E-state index contributed by atoms with van der Waals surface area (Å²) in [4.78, 5) is 19.4. The predicted octanol–water partition coefficient (Wildman–Crippen LogP) is 3.74. The van der Waals surface area contributed by atoms with Crippen LogP contribution in [-0.2, 0) is 11.8 Å². The Hall–Kier alpha value is -3.39. The molecule has 7 nitrogen and oxygen atoms in total. The quantitative estimate of drug-likeness (QED) is 0.536. The van der Waals surface area contributed by atoms with Gasteiger partial charge in [0, 0.05) is 37.6 Å². The first kappa shape index (κ1) is 21.8. The molecule has 1 aliphatic heterocycles. The van der Waals surface area contributed by atoms with E-state index in [1.54, 1.807) is 13.3 Å². The Labute approximate surface area is 193 Å². The number of nitrogens with one attached hydrogen (secondary N) is 2. The number of benzene rings is 1. The van der Waals surface area contributed by atoms with Crippen molar-refractivity contribution in [2.24, 2.45) is 7.05 Å². The molecule has 1 saturated heterocycles. The van der Waals surface area contributed by atoms with Gasteiger partial charge in [-0.1, -0.05) is 18.2 Å². The minimum atomic E-state index is -0.103. The van der Waals surface area contributed by atoms with Crippen LogP contribution in [0, 0.1) is 6.92 Å². The molecule has 0 unspecified atom stereocenters. The number of aryl methyl sites for hydroxylation is 1. The van der Waals surface area contributed by atoms with E-state index in [0.717, 1.165) is 17.1 Å². The van der Waals surface area contributed by atoms with Crippen LogP contribution in [0.1, 0.15) is 35.6 Å². The van der Waals surface area contributed by atoms with Gasteiger partial charge in [0.1, 0.15) is 5.75 Å². The van der Waals surface area contributed by atoms with Crippen LogP contribution < -0.4 is 15.4 Å². The lowest BCUT2D eigenvalue weighted by atomic mass is 10.0. The monoisotopic (exact) mass is 449 g/mol. The maximum atomic E-state index is 12.7. The molecule has 0 saturated carbocycles. The Morgan fingerprint density at radius 2 is 1.97 bits per heavy atom. The highest BCUT2D eigenvalue weighted by molar-refractivity contribution is 7.80. The fraction of sp³-hybridized carbons (Fsp3) is 0.292. The van der Waals surface area contributed by atoms with Gasteiger partial charge in [-0.15, -0.1) is 0 Å². The molecule has 2 atom stereocenters. The second-order valence-corrected chi connectivity index (χ2v) is 8.16. The number of rotatable bonds is 7. The molecule has 1 fully saturated rings. The van der Waals surface area contributed by atoms with Crippen molar-refractivity contribution in [1.29, 1.82) is 0 Å². The third-order valence-corrected chi connectivity index (χ3v) is 6.23. The molecule has 1 aliphatic rings. The van der Waals surface area contributed by atoms with Crippen molar-refractivity contribution in [2.45, 2.75) is 25.4 Å². The third kappa shape index (κ3) is 4.31. The van der Waals surface area contributed by atoms with E-state index >= 15 is 0 Å². The SMILES string of the molecule is COc1ccccc1NC(=O)CCN1C(=S)N[C@H](c2ccccn2)[C@@H]1c1ccc(C)n1C. The van der Waals surface area contributed by atoms with Crippen LogP contribution >= 0.6 is 12.2 Å². The van der Waals surface area contributed by atoms with Crippen molar-refractivity contribution < 1.29 is 9.53 Å². The van der Waals surface area contributed by atoms with Crippen molar-refractivity contribution >= 4 is 28.9 Å². The van der Waals surface area contributed by atoms with E-state index in [9.17, 15) is 4.79 Å². The van der Waals surface area contributed by atoms with Gasteiger partial charge in [-0.25, -0.2) is 0 Å². The Morgan fingerprint density at radius 3 is 2.66 bits per heavy atom. The number of pyridine rings is 1. The van der Waals surface area contributed by atoms with Crippen molar-refractivity contribution in [2.75, 3.05) is 19.0 Å². The average Bonchev–Trinajstić information content (AvgIpc) is 3.31. The number of anilines is 1. The molecule has 32 heavy (non-hydrogen) atoms. The maximum absolute atomic E-state index is 12.7. The van der Waals surface area contributed by atoms with Crippen molar-refractivity contribution in [3.8, 4) is 5.75 Å². The number of hydrogen-bond donors (Lipinski definition) is 2. The zero-order valence-electron chi connectivity index (χ0n) is 18.4. The standard InChI is InChI=1S/C24H27N5O2S/c1-16-11-12-19(28(16)2)23-22(18-9-6-7-14-25-18)27-24(32)29(23)15-13-21(30)26-17-8-4-5-10-20(17)31-3/h4-12,14,22-23H,13,15H2,1-3H3,(H,26,30)(H,27,32)/t22-,23+/m1/s1. The number of carbonyl (C=O) groups is 1. The number of thiocarbonyl (C=S) groups is 1. The number of para-hydroxylation sites is 2. The first-order chi connectivity index (χ1) is 15.5. The molecule has 1 amide bonds. The van der Waals surface area contributed by atoms with Crippen LogP contribution in [0.5, 0.6) is 5.75 Å². The van der Waals surface area contributed by atoms with Gasteiger partial charge in [0.25, 0.3) is 0 Å². The predicted molar refractivity (Wildman–Crippen MR) is 129 cm³/mol. The van der Waals surface area contributed by atoms with Gasteiger partial charge in [0.2, 0.25) is 5.91 Å². The van der Waals surface area contributed by atoms with Gasteiger partial charge in [-0.3, -0.25) is 9.78 Å². The summed E-state index contributed by atoms with van der Waals surface area (Å²) in [6.45, 7) is 2.55. The van der Waals surface area contributed by atoms with Gasteiger partial charge >= 0.3 is 0 Å². The summed E-state index contributed by atoms with van der Waals surface area (Å²) in [5.41, 5.74) is 3.85. The zero-order chi connectivity index (χ0) is 22.7. The Bertz CT molecular complexity index is 1110. The lowest BCUT2D eigenvalue weighted by molar-refractivity contribution is -0.116. The maximum Gasteiger partial charge on any atom is 0.226 e. The molecule has 4 rings (SSSR count). The molecule has 3 aromatic rings. The zero-order valence-corrected chi connectivity index (χ0v) is 19.2. The molecule has 2 aromatic heterocycles. The molecule has 3 heterocycles. The third-order valence-electron chi connectivity index (χ3n) is 5.87. The van der Waals surface area contributed by atoms with E-state index in [1.165, 1.54) is 0 Å². The number of aromatic nitrogens is 2. The minimum Gasteiger partial charge on any atom is -0.495 e. The van der Waals surface area contributed by atoms with E-state index in [1.807, 2.05) is 49.5 Å². The molecule has 1 aromatic carbocycles. The summed E-state index contributed by atoms with van der Waals surface area (Å²) in [6.07, 6.45) is 2.07. The van der Waals surface area contributed by atoms with Crippen LogP contribution in [0.15, 0.2) is 60.8 Å². The summed E-state index contributed by atoms with van der Waals surface area (Å²) in [7, 11) is 3.64. The summed E-state index contributed by atoms with van der Waals surface area (Å²) in [5.74, 6) is 0.534. The van der Waals surface area contributed by atoms with Gasteiger partial charge in [-0.2, -0.15) is 0 Å². The highest BCUT2D eigenvalue weighted by Gasteiger charge is 2.41. The lowest BCUT2D eigenvalue weighted by Crippen LogP contribution is -2.33. The highest BCUT2D eigenvalue weighted by Crippen LogP contribution is 2.39. The second kappa shape index (κ2) is 9.40. The topological polar surface area (TPSA) is 71.4 Å². The largest absolute Gasteiger partial charge is 0.495 e. The highest BCUT2D eigenvalue weighted by atomic mass is 32.1. The summed E-state index contributed by atoms with van der Waals surface area (Å²) < 4.78 is 7.49. The number of amides is 1. The van der Waals surface area contributed by atoms with Gasteiger partial charge in [0.15, 0.2) is 5.11 Å². The molecule has 8 heteroatoms. The average molecular weight is 450 g/mol. The number of carbonyl (C=O) groups excluding carboxylic acids is 1. The van der Waals surface area contributed by atoms with Crippen LogP contribution in [0.3, 0.4) is 0 Å². The van der Waals surface area contributed by atoms with Gasteiger partial charge < -0.3 is 24.8 Å². The molecule has 0 radical (unpaired) electrons. The summed E-state index contributed by atoms with van der Waals surface area (Å²) >= 11 is 5.69. The molecule has 2 N–H and O–H groups in total. The first-order valence-corrected chi connectivity index (χ1v) is 10.9. The van der Waals surface area contributed by atoms with E-state index < -0.39 is 0 Å². The van der Waals surface area contributed by atoms with Crippen molar-refractivity contribution in [1.82, 2.24) is 19.8 Å². The second-order valence-electron chi connectivity index (χ2n) is 7.78. The molecule has 0 bridgehead atoms. The van der Waals surface area contributed by atoms with Crippen LogP contribution in [-0.4, -0.2) is 39.1 Å². The van der Waals surface area contributed by atoms with Gasteiger partial charge in [-0.05, 0) is 55.5 Å². The number of hydrogen-bond acceptors (Lipinski definition) is 4. The molecule has 0 aliphatic carbocycles. The van der Waals surface area contributed by atoms with E-state index in [-0.39, 0.29) is 24.4 Å². The van der Waals surface area contributed by atoms with Crippen molar-refractivity contribution in [3.05, 3.63) is 77.9 Å². The molecule has 0 spiro atoms. The fourth-order valence-electron chi connectivity index (χ4n) is 4.08. The van der Waals surface area contributed by atoms with Crippen molar-refractivity contribution in [3.63, 3.8) is 0 Å². The fourth-order valence-corrected chi connectivity index (χ4v) is 4.41.